The molecule has 0 aliphatic carbocycles. The highest BCUT2D eigenvalue weighted by atomic mass is 32.2. The van der Waals surface area contributed by atoms with Crippen LogP contribution in [0.25, 0.3) is 6.08 Å². The fourth-order valence-electron chi connectivity index (χ4n) is 2.34. The van der Waals surface area contributed by atoms with Gasteiger partial charge in [-0.1, -0.05) is 48.2 Å². The molecule has 2 aromatic rings. The molecule has 0 unspecified atom stereocenters. The molecule has 6 heteroatoms. The van der Waals surface area contributed by atoms with Gasteiger partial charge in [-0.2, -0.15) is 0 Å². The van der Waals surface area contributed by atoms with Crippen LogP contribution in [0.4, 0.5) is 0 Å². The average molecular weight is 356 g/mol. The van der Waals surface area contributed by atoms with Crippen molar-refractivity contribution in [3.63, 3.8) is 0 Å². The van der Waals surface area contributed by atoms with Gasteiger partial charge in [-0.3, -0.25) is 14.7 Å². The number of carbonyl (C=O) groups is 1. The Balaban J connectivity index is 1.83. The second-order valence-electron chi connectivity index (χ2n) is 5.10. The zero-order valence-corrected chi connectivity index (χ0v) is 14.8. The number of hydrogen-bond acceptors (Lipinski definition) is 5. The van der Waals surface area contributed by atoms with Crippen molar-refractivity contribution in [1.29, 1.82) is 0 Å². The van der Waals surface area contributed by atoms with Gasteiger partial charge >= 0.3 is 0 Å². The smallest absolute Gasteiger partial charge is 0.266 e. The number of thioether (sulfide) groups is 1. The van der Waals surface area contributed by atoms with Crippen LogP contribution in [0.5, 0.6) is 5.75 Å². The molecule has 0 N–H and O–H groups in total. The predicted molar refractivity (Wildman–Crippen MR) is 101 cm³/mol. The van der Waals surface area contributed by atoms with Crippen LogP contribution < -0.4 is 4.74 Å². The largest absolute Gasteiger partial charge is 0.493 e. The number of ether oxygens (including phenoxy) is 1. The van der Waals surface area contributed by atoms with Gasteiger partial charge < -0.3 is 4.74 Å². The van der Waals surface area contributed by atoms with E-state index in [4.69, 9.17) is 17.0 Å². The minimum atomic E-state index is -0.0832. The van der Waals surface area contributed by atoms with Gasteiger partial charge in [0.05, 0.1) is 18.1 Å². The Morgan fingerprint density at radius 2 is 2.12 bits per heavy atom. The zero-order valence-electron chi connectivity index (χ0n) is 13.1. The first-order valence-electron chi connectivity index (χ1n) is 7.55. The number of thiocarbonyl (C=S) groups is 1. The van der Waals surface area contributed by atoms with Crippen molar-refractivity contribution in [3.8, 4) is 5.75 Å². The van der Waals surface area contributed by atoms with Gasteiger partial charge in [-0.15, -0.1) is 0 Å². The summed E-state index contributed by atoms with van der Waals surface area (Å²) in [6.45, 7) is 2.94. The normalized spacial score (nSPS) is 16.0. The first-order chi connectivity index (χ1) is 11.7. The van der Waals surface area contributed by atoms with Crippen molar-refractivity contribution in [2.45, 2.75) is 13.5 Å². The third-order valence-electron chi connectivity index (χ3n) is 3.44. The highest BCUT2D eigenvalue weighted by Crippen LogP contribution is 2.35. The molecular weight excluding hydrogens is 340 g/mol. The average Bonchev–Trinajstić information content (AvgIpc) is 2.85. The lowest BCUT2D eigenvalue weighted by atomic mass is 10.2. The van der Waals surface area contributed by atoms with Gasteiger partial charge in [0.2, 0.25) is 0 Å². The minimum Gasteiger partial charge on any atom is -0.493 e. The van der Waals surface area contributed by atoms with Crippen molar-refractivity contribution < 1.29 is 9.53 Å². The van der Waals surface area contributed by atoms with E-state index in [1.807, 2.05) is 49.4 Å². The summed E-state index contributed by atoms with van der Waals surface area (Å²) in [6, 6.07) is 11.4. The lowest BCUT2D eigenvalue weighted by molar-refractivity contribution is -0.122. The van der Waals surface area contributed by atoms with Gasteiger partial charge in [0.1, 0.15) is 10.1 Å². The number of aromatic nitrogens is 1. The minimum absolute atomic E-state index is 0.0832. The molecule has 1 saturated heterocycles. The fraction of sp³-hybridized carbons (Fsp3) is 0.167. The Hall–Kier alpha value is -2.18. The second kappa shape index (κ2) is 7.59. The van der Waals surface area contributed by atoms with Crippen molar-refractivity contribution >= 4 is 40.3 Å². The molecule has 3 rings (SSSR count). The molecule has 1 amide bonds. The van der Waals surface area contributed by atoms with Crippen molar-refractivity contribution in [1.82, 2.24) is 9.88 Å². The SMILES string of the molecule is CCOc1ccccc1/C=C1\SC(=S)N(Cc2cccnc2)C1=O. The molecule has 1 fully saturated rings. The van der Waals surface area contributed by atoms with E-state index in [2.05, 4.69) is 4.98 Å². The quantitative estimate of drug-likeness (QED) is 0.601. The van der Waals surface area contributed by atoms with Crippen LogP contribution in [0.2, 0.25) is 0 Å². The second-order valence-corrected chi connectivity index (χ2v) is 6.78. The van der Waals surface area contributed by atoms with E-state index < -0.39 is 0 Å². The van der Waals surface area contributed by atoms with Gasteiger partial charge in [-0.05, 0) is 30.7 Å². The molecule has 2 heterocycles. The summed E-state index contributed by atoms with van der Waals surface area (Å²) in [5, 5.41) is 0. The van der Waals surface area contributed by atoms with Crippen LogP contribution in [0, 0.1) is 0 Å². The number of nitrogens with zero attached hydrogens (tertiary/aromatic N) is 2. The standard InChI is InChI=1S/C18H16N2O2S2/c1-2-22-15-8-4-3-7-14(15)10-16-17(21)20(18(23)24-16)12-13-6-5-9-19-11-13/h3-11H,2,12H2,1H3/b16-10-. The van der Waals surface area contributed by atoms with Crippen molar-refractivity contribution in [3.05, 3.63) is 64.8 Å². The van der Waals surface area contributed by atoms with E-state index in [1.165, 1.54) is 11.8 Å². The zero-order chi connectivity index (χ0) is 16.9. The molecule has 4 nitrogen and oxygen atoms in total. The monoisotopic (exact) mass is 356 g/mol. The lowest BCUT2D eigenvalue weighted by Crippen LogP contribution is -2.27. The molecule has 0 spiro atoms. The summed E-state index contributed by atoms with van der Waals surface area (Å²) in [5.41, 5.74) is 1.82. The van der Waals surface area contributed by atoms with Gasteiger partial charge in [0.25, 0.3) is 5.91 Å². The Kier molecular flexibility index (Phi) is 5.27. The molecule has 1 aromatic carbocycles. The van der Waals surface area contributed by atoms with Crippen LogP contribution in [-0.4, -0.2) is 26.7 Å². The van der Waals surface area contributed by atoms with Gasteiger partial charge in [0, 0.05) is 18.0 Å². The third-order valence-corrected chi connectivity index (χ3v) is 4.82. The number of amides is 1. The van der Waals surface area contributed by atoms with Gasteiger partial charge in [0.15, 0.2) is 0 Å². The van der Waals surface area contributed by atoms with Gasteiger partial charge in [-0.25, -0.2) is 0 Å². The fourth-order valence-corrected chi connectivity index (χ4v) is 3.58. The summed E-state index contributed by atoms with van der Waals surface area (Å²) in [4.78, 5) is 19.0. The van der Waals surface area contributed by atoms with E-state index in [0.717, 1.165) is 16.9 Å². The van der Waals surface area contributed by atoms with E-state index in [0.29, 0.717) is 22.4 Å². The Morgan fingerprint density at radius 3 is 2.88 bits per heavy atom. The number of carbonyl (C=O) groups excluding carboxylic acids is 1. The number of hydrogen-bond donors (Lipinski definition) is 0. The summed E-state index contributed by atoms with van der Waals surface area (Å²) in [6.07, 6.45) is 5.29. The Bertz CT molecular complexity index is 791. The molecule has 122 valence electrons. The topological polar surface area (TPSA) is 42.4 Å². The molecule has 0 radical (unpaired) electrons. The molecule has 0 bridgehead atoms. The van der Waals surface area contributed by atoms with Crippen LogP contribution in [0.15, 0.2) is 53.7 Å². The number of rotatable bonds is 5. The molecular formula is C18H16N2O2S2. The van der Waals surface area contributed by atoms with E-state index in [9.17, 15) is 4.79 Å². The van der Waals surface area contributed by atoms with E-state index in [-0.39, 0.29) is 5.91 Å². The predicted octanol–water partition coefficient (Wildman–Crippen LogP) is 3.88. The van der Waals surface area contributed by atoms with E-state index >= 15 is 0 Å². The van der Waals surface area contributed by atoms with Crippen LogP contribution in [0.1, 0.15) is 18.1 Å². The summed E-state index contributed by atoms with van der Waals surface area (Å²) in [7, 11) is 0. The van der Waals surface area contributed by atoms with Crippen molar-refractivity contribution in [2.75, 3.05) is 6.61 Å². The third kappa shape index (κ3) is 3.66. The number of para-hydroxylation sites is 1. The summed E-state index contributed by atoms with van der Waals surface area (Å²) < 4.78 is 6.17. The highest BCUT2D eigenvalue weighted by molar-refractivity contribution is 8.26. The van der Waals surface area contributed by atoms with E-state index in [1.54, 1.807) is 17.3 Å². The molecule has 0 saturated carbocycles. The molecule has 1 aromatic heterocycles. The first-order valence-corrected chi connectivity index (χ1v) is 8.77. The highest BCUT2D eigenvalue weighted by Gasteiger charge is 2.32. The maximum Gasteiger partial charge on any atom is 0.266 e. The molecule has 1 aliphatic heterocycles. The maximum absolute atomic E-state index is 12.7. The summed E-state index contributed by atoms with van der Waals surface area (Å²) >= 11 is 6.69. The Morgan fingerprint density at radius 1 is 1.29 bits per heavy atom. The molecule has 0 atom stereocenters. The number of benzene rings is 1. The first kappa shape index (κ1) is 16.7. The van der Waals surface area contributed by atoms with Crippen LogP contribution in [0.3, 0.4) is 0 Å². The summed E-state index contributed by atoms with van der Waals surface area (Å²) in [5.74, 6) is 0.678. The lowest BCUT2D eigenvalue weighted by Gasteiger charge is -2.13. The maximum atomic E-state index is 12.7. The van der Waals surface area contributed by atoms with Crippen LogP contribution >= 0.6 is 24.0 Å². The van der Waals surface area contributed by atoms with Crippen LogP contribution in [-0.2, 0) is 11.3 Å². The Labute approximate surface area is 150 Å². The van der Waals surface area contributed by atoms with Crippen molar-refractivity contribution in [2.24, 2.45) is 0 Å². The number of pyridine rings is 1. The molecule has 1 aliphatic rings. The molecule has 24 heavy (non-hydrogen) atoms.